The number of phenolic OH excluding ortho intramolecular Hbond substituents is 1. The second kappa shape index (κ2) is 8.08. The van der Waals surface area contributed by atoms with E-state index in [9.17, 15) is 27.9 Å². The first kappa shape index (κ1) is 21.2. The zero-order valence-electron chi connectivity index (χ0n) is 15.0. The molecular weight excluding hydrogens is 423 g/mol. The minimum Gasteiger partial charge on any atom is -0.507 e. The number of carboxylic acid groups (broad SMARTS) is 1. The van der Waals surface area contributed by atoms with E-state index < -0.39 is 29.4 Å². The third kappa shape index (κ3) is 4.72. The molecule has 0 fully saturated rings. The zero-order valence-corrected chi connectivity index (χ0v) is 15.8. The van der Waals surface area contributed by atoms with Gasteiger partial charge in [-0.2, -0.15) is 13.2 Å². The first-order valence-corrected chi connectivity index (χ1v) is 8.78. The van der Waals surface area contributed by atoms with Gasteiger partial charge in [-0.3, -0.25) is 4.79 Å². The van der Waals surface area contributed by atoms with Crippen molar-refractivity contribution in [2.75, 3.05) is 5.32 Å². The van der Waals surface area contributed by atoms with Gasteiger partial charge in [-0.25, -0.2) is 4.79 Å². The standard InChI is InChI=1S/C21H13ClF3NO4/c22-15-4-5-18(27)17(10-15)19(28)26-16-8-13(7-14(9-16)21(23,24)25)11-2-1-3-12(6-11)20(29)30/h1-10,27H,(H,26,28)(H,29,30). The third-order valence-electron chi connectivity index (χ3n) is 4.16. The van der Waals surface area contributed by atoms with Crippen molar-refractivity contribution < 1.29 is 33.0 Å². The lowest BCUT2D eigenvalue weighted by Crippen LogP contribution is -2.14. The number of phenols is 1. The van der Waals surface area contributed by atoms with Crippen molar-refractivity contribution in [3.8, 4) is 16.9 Å². The molecule has 9 heteroatoms. The number of anilines is 1. The van der Waals surface area contributed by atoms with Crippen LogP contribution in [0.2, 0.25) is 5.02 Å². The maximum absolute atomic E-state index is 13.4. The number of carbonyl (C=O) groups is 2. The van der Waals surface area contributed by atoms with Gasteiger partial charge in [0, 0.05) is 10.7 Å². The lowest BCUT2D eigenvalue weighted by molar-refractivity contribution is -0.137. The number of aromatic carboxylic acids is 1. The van der Waals surface area contributed by atoms with Gasteiger partial charge in [0.15, 0.2) is 0 Å². The van der Waals surface area contributed by atoms with Gasteiger partial charge < -0.3 is 15.5 Å². The van der Waals surface area contributed by atoms with Crippen LogP contribution in [0.15, 0.2) is 60.7 Å². The highest BCUT2D eigenvalue weighted by atomic mass is 35.5. The van der Waals surface area contributed by atoms with E-state index in [-0.39, 0.29) is 33.0 Å². The molecule has 5 nitrogen and oxygen atoms in total. The molecule has 0 bridgehead atoms. The molecule has 0 heterocycles. The van der Waals surface area contributed by atoms with Gasteiger partial charge in [0.25, 0.3) is 5.91 Å². The number of hydrogen-bond donors (Lipinski definition) is 3. The van der Waals surface area contributed by atoms with Gasteiger partial charge in [0.05, 0.1) is 16.7 Å². The Labute approximate surface area is 173 Å². The summed E-state index contributed by atoms with van der Waals surface area (Å²) in [4.78, 5) is 23.6. The largest absolute Gasteiger partial charge is 0.507 e. The van der Waals surface area contributed by atoms with Crippen molar-refractivity contribution in [2.45, 2.75) is 6.18 Å². The van der Waals surface area contributed by atoms with Crippen LogP contribution in [0.5, 0.6) is 5.75 Å². The van der Waals surface area contributed by atoms with Crippen molar-refractivity contribution in [1.82, 2.24) is 0 Å². The van der Waals surface area contributed by atoms with E-state index in [2.05, 4.69) is 5.32 Å². The van der Waals surface area contributed by atoms with Crippen molar-refractivity contribution in [3.05, 3.63) is 82.4 Å². The average Bonchev–Trinajstić information content (AvgIpc) is 2.69. The van der Waals surface area contributed by atoms with Crippen LogP contribution in [0.25, 0.3) is 11.1 Å². The Morgan fingerprint density at radius 1 is 0.933 bits per heavy atom. The Balaban J connectivity index is 2.06. The summed E-state index contributed by atoms with van der Waals surface area (Å²) >= 11 is 5.81. The molecule has 3 rings (SSSR count). The van der Waals surface area contributed by atoms with E-state index >= 15 is 0 Å². The molecule has 154 valence electrons. The lowest BCUT2D eigenvalue weighted by atomic mass is 9.99. The van der Waals surface area contributed by atoms with E-state index in [1.807, 2.05) is 0 Å². The maximum atomic E-state index is 13.4. The Bertz CT molecular complexity index is 1150. The second-order valence-electron chi connectivity index (χ2n) is 6.30. The van der Waals surface area contributed by atoms with Gasteiger partial charge in [0.2, 0.25) is 0 Å². The summed E-state index contributed by atoms with van der Waals surface area (Å²) in [6.45, 7) is 0. The van der Waals surface area contributed by atoms with E-state index in [4.69, 9.17) is 16.7 Å². The molecule has 0 aliphatic carbocycles. The molecule has 0 radical (unpaired) electrons. The molecule has 3 aromatic carbocycles. The van der Waals surface area contributed by atoms with Crippen molar-refractivity contribution in [2.24, 2.45) is 0 Å². The Kier molecular flexibility index (Phi) is 5.71. The molecular formula is C21H13ClF3NO4. The normalized spacial score (nSPS) is 11.2. The number of aromatic hydroxyl groups is 1. The monoisotopic (exact) mass is 435 g/mol. The fraction of sp³-hybridized carbons (Fsp3) is 0.0476. The topological polar surface area (TPSA) is 86.6 Å². The molecule has 0 saturated heterocycles. The highest BCUT2D eigenvalue weighted by Gasteiger charge is 2.31. The van der Waals surface area contributed by atoms with E-state index in [0.717, 1.165) is 12.1 Å². The number of hydrogen-bond acceptors (Lipinski definition) is 3. The van der Waals surface area contributed by atoms with Crippen molar-refractivity contribution in [3.63, 3.8) is 0 Å². The quantitative estimate of drug-likeness (QED) is 0.492. The fourth-order valence-electron chi connectivity index (χ4n) is 2.75. The summed E-state index contributed by atoms with van der Waals surface area (Å²) in [7, 11) is 0. The van der Waals surface area contributed by atoms with E-state index in [0.29, 0.717) is 0 Å². The number of benzene rings is 3. The number of carbonyl (C=O) groups excluding carboxylic acids is 1. The SMILES string of the molecule is O=C(O)c1cccc(-c2cc(NC(=O)c3cc(Cl)ccc3O)cc(C(F)(F)F)c2)c1. The van der Waals surface area contributed by atoms with Gasteiger partial charge in [-0.15, -0.1) is 0 Å². The molecule has 0 aliphatic heterocycles. The van der Waals surface area contributed by atoms with Crippen LogP contribution in [-0.2, 0) is 6.18 Å². The highest BCUT2D eigenvalue weighted by molar-refractivity contribution is 6.31. The molecule has 0 saturated carbocycles. The number of halogens is 4. The van der Waals surface area contributed by atoms with E-state index in [1.165, 1.54) is 48.5 Å². The van der Waals surface area contributed by atoms with Crippen LogP contribution in [0.1, 0.15) is 26.3 Å². The zero-order chi connectivity index (χ0) is 22.1. The summed E-state index contributed by atoms with van der Waals surface area (Å²) in [5, 5.41) is 21.4. The summed E-state index contributed by atoms with van der Waals surface area (Å²) in [5.41, 5.74) is -1.26. The predicted octanol–water partition coefficient (Wildman–Crippen LogP) is 5.68. The van der Waals surface area contributed by atoms with Gasteiger partial charge in [-0.1, -0.05) is 23.7 Å². The van der Waals surface area contributed by atoms with Crippen LogP contribution in [0.3, 0.4) is 0 Å². The van der Waals surface area contributed by atoms with E-state index in [1.54, 1.807) is 0 Å². The molecule has 3 aromatic rings. The lowest BCUT2D eigenvalue weighted by Gasteiger charge is -2.14. The molecule has 0 unspecified atom stereocenters. The van der Waals surface area contributed by atoms with Crippen LogP contribution in [0, 0.1) is 0 Å². The molecule has 30 heavy (non-hydrogen) atoms. The number of carboxylic acids is 1. The highest BCUT2D eigenvalue weighted by Crippen LogP contribution is 2.35. The minimum atomic E-state index is -4.71. The number of nitrogens with one attached hydrogen (secondary N) is 1. The summed E-state index contributed by atoms with van der Waals surface area (Å²) in [6.07, 6.45) is -4.71. The molecule has 1 amide bonds. The van der Waals surface area contributed by atoms with Crippen molar-refractivity contribution in [1.29, 1.82) is 0 Å². The average molecular weight is 436 g/mol. The van der Waals surface area contributed by atoms with Gasteiger partial charge in [-0.05, 0) is 59.7 Å². The maximum Gasteiger partial charge on any atom is 0.416 e. The molecule has 3 N–H and O–H groups in total. The Morgan fingerprint density at radius 3 is 2.33 bits per heavy atom. The van der Waals surface area contributed by atoms with Gasteiger partial charge >= 0.3 is 12.1 Å². The summed E-state index contributed by atoms with van der Waals surface area (Å²) < 4.78 is 40.2. The molecule has 0 aliphatic rings. The Morgan fingerprint density at radius 2 is 1.67 bits per heavy atom. The molecule has 0 atom stereocenters. The predicted molar refractivity (Wildman–Crippen MR) is 105 cm³/mol. The second-order valence-corrected chi connectivity index (χ2v) is 6.73. The third-order valence-corrected chi connectivity index (χ3v) is 4.40. The van der Waals surface area contributed by atoms with Gasteiger partial charge in [0.1, 0.15) is 5.75 Å². The van der Waals surface area contributed by atoms with Crippen LogP contribution >= 0.6 is 11.6 Å². The summed E-state index contributed by atoms with van der Waals surface area (Å²) in [5.74, 6) is -2.48. The Hall–Kier alpha value is -3.52. The number of rotatable bonds is 4. The minimum absolute atomic E-state index is 0.0542. The molecule has 0 spiro atoms. The first-order chi connectivity index (χ1) is 14.0. The van der Waals surface area contributed by atoms with Crippen LogP contribution in [0.4, 0.5) is 18.9 Å². The fourth-order valence-corrected chi connectivity index (χ4v) is 2.92. The van der Waals surface area contributed by atoms with Crippen LogP contribution in [-0.4, -0.2) is 22.1 Å². The van der Waals surface area contributed by atoms with Crippen LogP contribution < -0.4 is 5.32 Å². The smallest absolute Gasteiger partial charge is 0.416 e. The molecule has 0 aromatic heterocycles. The van der Waals surface area contributed by atoms with Crippen molar-refractivity contribution >= 4 is 29.2 Å². The summed E-state index contributed by atoms with van der Waals surface area (Å²) in [6, 6.07) is 12.0. The number of alkyl halides is 3. The first-order valence-electron chi connectivity index (χ1n) is 8.40. The number of amides is 1.